The molecule has 0 fully saturated rings. The van der Waals surface area contributed by atoms with E-state index >= 15 is 0 Å². The van der Waals surface area contributed by atoms with Crippen LogP contribution in [-0.4, -0.2) is 59.2 Å². The number of ether oxygens (including phenoxy) is 1. The van der Waals surface area contributed by atoms with Crippen molar-refractivity contribution in [1.29, 1.82) is 0 Å². The average molecular weight is 417 g/mol. The zero-order valence-electron chi connectivity index (χ0n) is 17.8. The number of fused-ring (bicyclic) bond motifs is 1. The van der Waals surface area contributed by atoms with Crippen molar-refractivity contribution in [3.63, 3.8) is 0 Å². The highest BCUT2D eigenvalue weighted by Crippen LogP contribution is 2.34. The van der Waals surface area contributed by atoms with E-state index in [1.165, 1.54) is 16.0 Å². The molecule has 1 aliphatic rings. The molecule has 2 unspecified atom stereocenters. The number of aliphatic hydroxyl groups excluding tert-OH is 1. The summed E-state index contributed by atoms with van der Waals surface area (Å²) in [5, 5.41) is 11.9. The van der Waals surface area contributed by atoms with E-state index in [4.69, 9.17) is 4.74 Å². The Kier molecular flexibility index (Phi) is 7.33. The molecule has 6 heteroatoms. The van der Waals surface area contributed by atoms with E-state index in [0.29, 0.717) is 26.2 Å². The highest BCUT2D eigenvalue weighted by Gasteiger charge is 2.33. The molecule has 0 aliphatic carbocycles. The monoisotopic (exact) mass is 416 g/mol. The van der Waals surface area contributed by atoms with Crippen molar-refractivity contribution in [1.82, 2.24) is 9.80 Å². The highest BCUT2D eigenvalue weighted by atomic mass is 32.1. The SMILES string of the molecule is Cc1ccc(OCC2c3ccsc3CCN2C(=O)CN(CC(C)O)C(C)C)cc1. The van der Waals surface area contributed by atoms with Gasteiger partial charge in [0.25, 0.3) is 0 Å². The van der Waals surface area contributed by atoms with E-state index in [1.54, 1.807) is 18.3 Å². The molecule has 0 saturated carbocycles. The maximum Gasteiger partial charge on any atom is 0.237 e. The summed E-state index contributed by atoms with van der Waals surface area (Å²) in [7, 11) is 0. The quantitative estimate of drug-likeness (QED) is 0.714. The van der Waals surface area contributed by atoms with Crippen molar-refractivity contribution in [3.8, 4) is 5.75 Å². The van der Waals surface area contributed by atoms with E-state index in [2.05, 4.69) is 32.2 Å². The molecule has 1 N–H and O–H groups in total. The van der Waals surface area contributed by atoms with Crippen LogP contribution < -0.4 is 4.74 Å². The van der Waals surface area contributed by atoms with Gasteiger partial charge in [-0.3, -0.25) is 9.69 Å². The molecule has 0 spiro atoms. The van der Waals surface area contributed by atoms with Gasteiger partial charge in [-0.2, -0.15) is 0 Å². The summed E-state index contributed by atoms with van der Waals surface area (Å²) in [6.07, 6.45) is 0.424. The standard InChI is InChI=1S/C23H32N2O3S/c1-16(2)24(13-18(4)26)14-23(27)25-11-9-22-20(10-12-29-22)21(25)15-28-19-7-5-17(3)6-8-19/h5-8,10,12,16,18,21,26H,9,11,13-15H2,1-4H3. The number of hydrogen-bond donors (Lipinski definition) is 1. The molecule has 2 aromatic rings. The largest absolute Gasteiger partial charge is 0.491 e. The maximum absolute atomic E-state index is 13.2. The summed E-state index contributed by atoms with van der Waals surface area (Å²) in [4.78, 5) is 18.6. The topological polar surface area (TPSA) is 53.0 Å². The second-order valence-electron chi connectivity index (χ2n) is 8.15. The minimum Gasteiger partial charge on any atom is -0.491 e. The molecular formula is C23H32N2O3S. The van der Waals surface area contributed by atoms with E-state index in [-0.39, 0.29) is 18.0 Å². The summed E-state index contributed by atoms with van der Waals surface area (Å²) in [5.41, 5.74) is 2.40. The lowest BCUT2D eigenvalue weighted by Crippen LogP contribution is -2.49. The number of rotatable bonds is 8. The molecule has 1 aromatic heterocycles. The fourth-order valence-electron chi connectivity index (χ4n) is 3.75. The number of benzene rings is 1. The van der Waals surface area contributed by atoms with E-state index in [1.807, 2.05) is 34.1 Å². The molecular weight excluding hydrogens is 384 g/mol. The number of aryl methyl sites for hydroxylation is 1. The van der Waals surface area contributed by atoms with Crippen LogP contribution in [0.3, 0.4) is 0 Å². The summed E-state index contributed by atoms with van der Waals surface area (Å²) in [6.45, 7) is 9.87. The molecule has 1 aromatic carbocycles. The Morgan fingerprint density at radius 1 is 1.28 bits per heavy atom. The Bertz CT molecular complexity index is 801. The fraction of sp³-hybridized carbons (Fsp3) is 0.522. The van der Waals surface area contributed by atoms with Gasteiger partial charge in [0.1, 0.15) is 12.4 Å². The lowest BCUT2D eigenvalue weighted by Gasteiger charge is -2.38. The second-order valence-corrected chi connectivity index (χ2v) is 9.15. The average Bonchev–Trinajstić information content (AvgIpc) is 3.15. The number of amides is 1. The molecule has 1 amide bonds. The maximum atomic E-state index is 13.2. The molecule has 3 rings (SSSR count). The van der Waals surface area contributed by atoms with Gasteiger partial charge >= 0.3 is 0 Å². The first-order valence-electron chi connectivity index (χ1n) is 10.3. The minimum atomic E-state index is -0.462. The summed E-state index contributed by atoms with van der Waals surface area (Å²) in [5.74, 6) is 0.914. The minimum absolute atomic E-state index is 0.0839. The lowest BCUT2D eigenvalue weighted by atomic mass is 10.00. The van der Waals surface area contributed by atoms with Crippen LogP contribution in [0.15, 0.2) is 35.7 Å². The fourth-order valence-corrected chi connectivity index (χ4v) is 4.67. The van der Waals surface area contributed by atoms with Crippen molar-refractivity contribution >= 4 is 17.2 Å². The Morgan fingerprint density at radius 3 is 2.66 bits per heavy atom. The molecule has 2 heterocycles. The van der Waals surface area contributed by atoms with Crippen LogP contribution >= 0.6 is 11.3 Å². The number of thiophene rings is 1. The van der Waals surface area contributed by atoms with Crippen LogP contribution in [0.1, 0.15) is 42.8 Å². The zero-order valence-corrected chi connectivity index (χ0v) is 18.6. The first-order valence-corrected chi connectivity index (χ1v) is 11.2. The van der Waals surface area contributed by atoms with Crippen molar-refractivity contribution in [2.75, 3.05) is 26.2 Å². The van der Waals surface area contributed by atoms with Crippen LogP contribution in [0, 0.1) is 6.92 Å². The van der Waals surface area contributed by atoms with Crippen LogP contribution in [0.5, 0.6) is 5.75 Å². The van der Waals surface area contributed by atoms with Gasteiger partial charge in [0.05, 0.1) is 18.7 Å². The molecule has 2 atom stereocenters. The Labute approximate surface area is 177 Å². The van der Waals surface area contributed by atoms with Gasteiger partial charge in [-0.25, -0.2) is 0 Å². The third kappa shape index (κ3) is 5.59. The second kappa shape index (κ2) is 9.74. The molecule has 158 valence electrons. The smallest absolute Gasteiger partial charge is 0.237 e. The molecule has 1 aliphatic heterocycles. The predicted molar refractivity (Wildman–Crippen MR) is 118 cm³/mol. The van der Waals surface area contributed by atoms with Gasteiger partial charge in [-0.1, -0.05) is 17.7 Å². The Balaban J connectivity index is 1.74. The molecule has 0 saturated heterocycles. The van der Waals surface area contributed by atoms with Crippen LogP contribution in [0.4, 0.5) is 0 Å². The van der Waals surface area contributed by atoms with Gasteiger partial charge in [0.15, 0.2) is 0 Å². The van der Waals surface area contributed by atoms with Crippen molar-refractivity contribution in [2.24, 2.45) is 0 Å². The molecule has 29 heavy (non-hydrogen) atoms. The number of nitrogens with zero attached hydrogens (tertiary/aromatic N) is 2. The predicted octanol–water partition coefficient (Wildman–Crippen LogP) is 3.65. The zero-order chi connectivity index (χ0) is 21.0. The van der Waals surface area contributed by atoms with Crippen LogP contribution in [-0.2, 0) is 11.2 Å². The van der Waals surface area contributed by atoms with Crippen LogP contribution in [0.25, 0.3) is 0 Å². The van der Waals surface area contributed by atoms with E-state index in [0.717, 1.165) is 12.2 Å². The Hall–Kier alpha value is -1.89. The summed E-state index contributed by atoms with van der Waals surface area (Å²) >= 11 is 1.76. The number of hydrogen-bond acceptors (Lipinski definition) is 5. The van der Waals surface area contributed by atoms with Crippen molar-refractivity contribution in [3.05, 3.63) is 51.7 Å². The third-order valence-corrected chi connectivity index (χ3v) is 6.41. The number of aliphatic hydroxyl groups is 1. The molecule has 0 bridgehead atoms. The summed E-state index contributed by atoms with van der Waals surface area (Å²) < 4.78 is 6.08. The normalized spacial score (nSPS) is 17.5. The Morgan fingerprint density at radius 2 is 2.00 bits per heavy atom. The highest BCUT2D eigenvalue weighted by molar-refractivity contribution is 7.10. The van der Waals surface area contributed by atoms with Gasteiger partial charge in [0, 0.05) is 24.0 Å². The van der Waals surface area contributed by atoms with Gasteiger partial charge in [-0.05, 0) is 63.3 Å². The van der Waals surface area contributed by atoms with Gasteiger partial charge in [0.2, 0.25) is 5.91 Å². The first kappa shape index (κ1) is 21.8. The number of carbonyl (C=O) groups is 1. The third-order valence-electron chi connectivity index (χ3n) is 5.41. The summed E-state index contributed by atoms with van der Waals surface area (Å²) in [6, 6.07) is 10.2. The van der Waals surface area contributed by atoms with Crippen LogP contribution in [0.2, 0.25) is 0 Å². The lowest BCUT2D eigenvalue weighted by molar-refractivity contribution is -0.136. The van der Waals surface area contributed by atoms with Gasteiger partial charge < -0.3 is 14.7 Å². The van der Waals surface area contributed by atoms with E-state index < -0.39 is 6.10 Å². The first-order chi connectivity index (χ1) is 13.8. The van der Waals surface area contributed by atoms with Crippen molar-refractivity contribution < 1.29 is 14.6 Å². The molecule has 5 nitrogen and oxygen atoms in total. The molecule has 0 radical (unpaired) electrons. The van der Waals surface area contributed by atoms with Crippen molar-refractivity contribution in [2.45, 2.75) is 52.3 Å². The van der Waals surface area contributed by atoms with Gasteiger partial charge in [-0.15, -0.1) is 11.3 Å². The number of carbonyl (C=O) groups excluding carboxylic acids is 1. The van der Waals surface area contributed by atoms with E-state index in [9.17, 15) is 9.90 Å².